The monoisotopic (exact) mass is 491 g/mol. The standard InChI is InChI=1S/C27H29N3O4S/c1-4-5-6-7-14-34-22-13-12-20(16-23(22)33-3)17-24-26(32)30-27(35-24)28-25(31)21(29-30)15-19-10-8-18(2)9-11-19/h8-13,16-17H,4-7,14-15H2,1-3H3/b24-17-. The Kier molecular flexibility index (Phi) is 7.92. The van der Waals surface area contributed by atoms with Gasteiger partial charge in [0, 0.05) is 6.42 Å². The van der Waals surface area contributed by atoms with Crippen LogP contribution in [0.25, 0.3) is 11.0 Å². The molecule has 35 heavy (non-hydrogen) atoms. The molecule has 0 aliphatic rings. The number of fused-ring (bicyclic) bond motifs is 1. The van der Waals surface area contributed by atoms with E-state index in [9.17, 15) is 9.59 Å². The van der Waals surface area contributed by atoms with Gasteiger partial charge in [-0.1, -0.05) is 73.4 Å². The maximum absolute atomic E-state index is 13.0. The Morgan fingerprint density at radius 3 is 2.57 bits per heavy atom. The first-order valence-electron chi connectivity index (χ1n) is 11.8. The topological polar surface area (TPSA) is 82.8 Å². The third-order valence-electron chi connectivity index (χ3n) is 5.68. The van der Waals surface area contributed by atoms with E-state index in [-0.39, 0.29) is 16.2 Å². The molecule has 7 nitrogen and oxygen atoms in total. The first-order chi connectivity index (χ1) is 17.0. The number of ether oxygens (including phenoxy) is 2. The van der Waals surface area contributed by atoms with Crippen LogP contribution in [0.3, 0.4) is 0 Å². The summed E-state index contributed by atoms with van der Waals surface area (Å²) >= 11 is 1.14. The molecule has 0 saturated carbocycles. The zero-order chi connectivity index (χ0) is 24.8. The molecule has 0 bridgehead atoms. The molecule has 0 fully saturated rings. The van der Waals surface area contributed by atoms with Crippen molar-refractivity contribution in [3.63, 3.8) is 0 Å². The van der Waals surface area contributed by atoms with Gasteiger partial charge < -0.3 is 9.47 Å². The van der Waals surface area contributed by atoms with Crippen LogP contribution < -0.4 is 25.1 Å². The summed E-state index contributed by atoms with van der Waals surface area (Å²) in [6.07, 6.45) is 6.59. The molecule has 2 heterocycles. The number of aryl methyl sites for hydroxylation is 1. The van der Waals surface area contributed by atoms with Crippen molar-refractivity contribution in [3.8, 4) is 11.5 Å². The van der Waals surface area contributed by atoms with Gasteiger partial charge in [-0.25, -0.2) is 0 Å². The Morgan fingerprint density at radius 1 is 1.03 bits per heavy atom. The summed E-state index contributed by atoms with van der Waals surface area (Å²) < 4.78 is 13.0. The van der Waals surface area contributed by atoms with Gasteiger partial charge in [0.2, 0.25) is 4.96 Å². The van der Waals surface area contributed by atoms with Crippen LogP contribution in [0.2, 0.25) is 0 Å². The summed E-state index contributed by atoms with van der Waals surface area (Å²) in [5.41, 5.74) is 2.38. The minimum atomic E-state index is -0.416. The molecular weight excluding hydrogens is 462 g/mol. The van der Waals surface area contributed by atoms with Crippen LogP contribution in [0, 0.1) is 6.92 Å². The highest BCUT2D eigenvalue weighted by molar-refractivity contribution is 7.15. The molecule has 0 spiro atoms. The number of rotatable bonds is 10. The fourth-order valence-electron chi connectivity index (χ4n) is 3.71. The lowest BCUT2D eigenvalue weighted by atomic mass is 10.1. The minimum absolute atomic E-state index is 0.245. The molecule has 0 aliphatic heterocycles. The van der Waals surface area contributed by atoms with Crippen molar-refractivity contribution in [2.45, 2.75) is 46.0 Å². The van der Waals surface area contributed by atoms with Crippen molar-refractivity contribution in [2.75, 3.05) is 13.7 Å². The number of methoxy groups -OCH3 is 1. The van der Waals surface area contributed by atoms with Crippen molar-refractivity contribution in [2.24, 2.45) is 0 Å². The van der Waals surface area contributed by atoms with Crippen molar-refractivity contribution >= 4 is 22.4 Å². The average molecular weight is 492 g/mol. The molecule has 0 amide bonds. The highest BCUT2D eigenvalue weighted by Gasteiger charge is 2.12. The van der Waals surface area contributed by atoms with E-state index >= 15 is 0 Å². The first-order valence-corrected chi connectivity index (χ1v) is 12.6. The normalized spacial score (nSPS) is 11.8. The van der Waals surface area contributed by atoms with Gasteiger partial charge in [-0.3, -0.25) is 9.59 Å². The largest absolute Gasteiger partial charge is 0.493 e. The van der Waals surface area contributed by atoms with Crippen LogP contribution in [0.4, 0.5) is 0 Å². The van der Waals surface area contributed by atoms with Gasteiger partial charge in [0.25, 0.3) is 11.1 Å². The van der Waals surface area contributed by atoms with E-state index in [2.05, 4.69) is 17.0 Å². The summed E-state index contributed by atoms with van der Waals surface area (Å²) in [7, 11) is 1.59. The van der Waals surface area contributed by atoms with E-state index in [1.807, 2.05) is 49.4 Å². The van der Waals surface area contributed by atoms with Gasteiger partial charge in [0.05, 0.1) is 18.2 Å². The molecule has 0 aliphatic carbocycles. The van der Waals surface area contributed by atoms with Crippen LogP contribution in [0.15, 0.2) is 52.1 Å². The molecule has 4 aromatic rings. The Balaban J connectivity index is 1.60. The highest BCUT2D eigenvalue weighted by atomic mass is 32.1. The molecular formula is C27H29N3O4S. The van der Waals surface area contributed by atoms with E-state index in [0.717, 1.165) is 40.9 Å². The predicted octanol–water partition coefficient (Wildman–Crippen LogP) is 3.93. The number of benzene rings is 2. The molecule has 0 radical (unpaired) electrons. The van der Waals surface area contributed by atoms with Crippen molar-refractivity contribution in [3.05, 3.63) is 90.1 Å². The maximum Gasteiger partial charge on any atom is 0.296 e. The highest BCUT2D eigenvalue weighted by Crippen LogP contribution is 2.28. The number of thiazole rings is 1. The van der Waals surface area contributed by atoms with Gasteiger partial charge in [-0.15, -0.1) is 0 Å². The van der Waals surface area contributed by atoms with Gasteiger partial charge in [0.15, 0.2) is 11.5 Å². The Morgan fingerprint density at radius 2 is 1.83 bits per heavy atom. The van der Waals surface area contributed by atoms with Crippen LogP contribution in [0.1, 0.15) is 55.0 Å². The fourth-order valence-corrected chi connectivity index (χ4v) is 4.61. The Bertz CT molecular complexity index is 1480. The smallest absolute Gasteiger partial charge is 0.296 e. The zero-order valence-corrected chi connectivity index (χ0v) is 21.1. The van der Waals surface area contributed by atoms with E-state index in [0.29, 0.717) is 29.1 Å². The molecule has 0 saturated heterocycles. The van der Waals surface area contributed by atoms with Crippen molar-refractivity contribution in [1.82, 2.24) is 14.6 Å². The second-order valence-corrected chi connectivity index (χ2v) is 9.46. The number of aromatic nitrogens is 3. The lowest BCUT2D eigenvalue weighted by Crippen LogP contribution is -2.28. The summed E-state index contributed by atoms with van der Waals surface area (Å²) in [5, 5.41) is 4.33. The number of nitrogens with zero attached hydrogens (tertiary/aromatic N) is 3. The molecule has 0 unspecified atom stereocenters. The average Bonchev–Trinajstić information content (AvgIpc) is 3.15. The third-order valence-corrected chi connectivity index (χ3v) is 6.64. The summed E-state index contributed by atoms with van der Waals surface area (Å²) in [4.78, 5) is 29.9. The van der Waals surface area contributed by atoms with Crippen molar-refractivity contribution in [1.29, 1.82) is 0 Å². The lowest BCUT2D eigenvalue weighted by molar-refractivity contribution is 0.285. The first kappa shape index (κ1) is 24.6. The van der Waals surface area contributed by atoms with E-state index in [1.165, 1.54) is 17.4 Å². The van der Waals surface area contributed by atoms with Crippen LogP contribution in [0.5, 0.6) is 11.5 Å². The zero-order valence-electron chi connectivity index (χ0n) is 20.2. The SMILES string of the molecule is CCCCCCOc1ccc(/C=c2\sc3nc(=O)c(Cc4ccc(C)cc4)nn3c2=O)cc1OC. The summed E-state index contributed by atoms with van der Waals surface area (Å²) in [6, 6.07) is 13.4. The number of unbranched alkanes of at least 4 members (excludes halogenated alkanes) is 3. The molecule has 4 rings (SSSR count). The van der Waals surface area contributed by atoms with E-state index in [4.69, 9.17) is 9.47 Å². The Labute approximate surface area is 207 Å². The van der Waals surface area contributed by atoms with Crippen LogP contribution >= 0.6 is 11.3 Å². The second-order valence-electron chi connectivity index (χ2n) is 8.46. The molecule has 8 heteroatoms. The number of hydrogen-bond acceptors (Lipinski definition) is 7. The molecule has 0 N–H and O–H groups in total. The van der Waals surface area contributed by atoms with Gasteiger partial charge in [-0.2, -0.15) is 14.6 Å². The maximum atomic E-state index is 13.0. The Hall–Kier alpha value is -3.52. The molecule has 182 valence electrons. The van der Waals surface area contributed by atoms with Gasteiger partial charge in [-0.05, 0) is 42.7 Å². The summed E-state index contributed by atoms with van der Waals surface area (Å²) in [6.45, 7) is 4.82. The predicted molar refractivity (Wildman–Crippen MR) is 139 cm³/mol. The summed E-state index contributed by atoms with van der Waals surface area (Å²) in [5.74, 6) is 1.28. The molecule has 2 aromatic carbocycles. The molecule has 2 aromatic heterocycles. The van der Waals surface area contributed by atoms with Gasteiger partial charge >= 0.3 is 0 Å². The second kappa shape index (κ2) is 11.3. The third kappa shape index (κ3) is 5.95. The van der Waals surface area contributed by atoms with Crippen LogP contribution in [-0.4, -0.2) is 28.3 Å². The molecule has 0 atom stereocenters. The fraction of sp³-hybridized carbons (Fsp3) is 0.333. The minimum Gasteiger partial charge on any atom is -0.493 e. The van der Waals surface area contributed by atoms with Crippen molar-refractivity contribution < 1.29 is 9.47 Å². The van der Waals surface area contributed by atoms with E-state index < -0.39 is 5.56 Å². The van der Waals surface area contributed by atoms with E-state index in [1.54, 1.807) is 13.2 Å². The van der Waals surface area contributed by atoms with Crippen LogP contribution in [-0.2, 0) is 6.42 Å². The number of hydrogen-bond donors (Lipinski definition) is 0. The van der Waals surface area contributed by atoms with Gasteiger partial charge in [0.1, 0.15) is 5.69 Å². The lowest BCUT2D eigenvalue weighted by Gasteiger charge is -2.11. The quantitative estimate of drug-likeness (QED) is 0.313.